The molecule has 0 bridgehead atoms. The largest absolute Gasteiger partial charge is 0.478 e. The summed E-state index contributed by atoms with van der Waals surface area (Å²) >= 11 is 6.17. The molecule has 3 aromatic carbocycles. The Bertz CT molecular complexity index is 1530. The summed E-state index contributed by atoms with van der Waals surface area (Å²) in [5.74, 6) is -0.350. The summed E-state index contributed by atoms with van der Waals surface area (Å²) in [7, 11) is 0. The number of rotatable bonds is 7. The normalized spacial score (nSPS) is 18.1. The number of carbonyl (C=O) groups excluding carboxylic acids is 1. The van der Waals surface area contributed by atoms with Crippen LogP contribution in [0, 0.1) is 0 Å². The van der Waals surface area contributed by atoms with Gasteiger partial charge in [0.1, 0.15) is 0 Å². The minimum absolute atomic E-state index is 0.0477. The standard InChI is InChI=1S/C33H33ClN4O3/c34-28-9-11-29(12-10-28)38-31(25-13-16-36(17-14-25)21-23-5-4-8-26(19-23)33(40)41)30(20-35-38)32(39)37-18-15-27(22-37)24-6-2-1-3-7-24/h1-12,19-20,25,27H,13-18,21-22H2,(H,40,41)/t27-/m0/s1. The number of aromatic nitrogens is 2. The number of nitrogens with zero attached hydrogens (tertiary/aromatic N) is 4. The van der Waals surface area contributed by atoms with E-state index < -0.39 is 5.97 Å². The van der Waals surface area contributed by atoms with Crippen molar-refractivity contribution in [2.24, 2.45) is 0 Å². The summed E-state index contributed by atoms with van der Waals surface area (Å²) in [5, 5.41) is 14.7. The molecule has 6 rings (SSSR count). The minimum atomic E-state index is -0.911. The first-order valence-electron chi connectivity index (χ1n) is 14.2. The summed E-state index contributed by atoms with van der Waals surface area (Å²) in [4.78, 5) is 29.7. The molecule has 1 atom stereocenters. The molecule has 210 valence electrons. The zero-order valence-corrected chi connectivity index (χ0v) is 23.6. The van der Waals surface area contributed by atoms with Crippen LogP contribution in [0.1, 0.15) is 68.6 Å². The zero-order valence-electron chi connectivity index (χ0n) is 22.8. The van der Waals surface area contributed by atoms with Gasteiger partial charge < -0.3 is 10.0 Å². The Balaban J connectivity index is 1.22. The van der Waals surface area contributed by atoms with Crippen LogP contribution in [0.4, 0.5) is 0 Å². The summed E-state index contributed by atoms with van der Waals surface area (Å²) in [6.07, 6.45) is 4.46. The van der Waals surface area contributed by atoms with Crippen molar-refractivity contribution >= 4 is 23.5 Å². The average molecular weight is 569 g/mol. The molecule has 8 heteroatoms. The Labute approximate surface area is 245 Å². The van der Waals surface area contributed by atoms with E-state index in [1.807, 2.05) is 46.0 Å². The Morgan fingerprint density at radius 3 is 2.34 bits per heavy atom. The van der Waals surface area contributed by atoms with Gasteiger partial charge in [0.2, 0.25) is 0 Å². The van der Waals surface area contributed by atoms with Crippen LogP contribution < -0.4 is 0 Å². The predicted octanol–water partition coefficient (Wildman–Crippen LogP) is 6.23. The van der Waals surface area contributed by atoms with E-state index in [0.29, 0.717) is 35.2 Å². The van der Waals surface area contributed by atoms with Gasteiger partial charge in [-0.1, -0.05) is 54.1 Å². The molecule has 2 aliphatic rings. The van der Waals surface area contributed by atoms with Crippen molar-refractivity contribution < 1.29 is 14.7 Å². The number of amides is 1. The van der Waals surface area contributed by atoms with Crippen molar-refractivity contribution in [1.82, 2.24) is 19.6 Å². The molecule has 0 aliphatic carbocycles. The van der Waals surface area contributed by atoms with Crippen molar-refractivity contribution in [3.63, 3.8) is 0 Å². The van der Waals surface area contributed by atoms with Gasteiger partial charge in [0.15, 0.2) is 0 Å². The van der Waals surface area contributed by atoms with E-state index in [9.17, 15) is 14.7 Å². The number of likely N-dealkylation sites (tertiary alicyclic amines) is 2. The molecule has 3 heterocycles. The fourth-order valence-corrected chi connectivity index (χ4v) is 6.37. The van der Waals surface area contributed by atoms with Crippen LogP contribution in [0.2, 0.25) is 5.02 Å². The van der Waals surface area contributed by atoms with Gasteiger partial charge in [-0.15, -0.1) is 0 Å². The Kier molecular flexibility index (Phi) is 7.90. The van der Waals surface area contributed by atoms with Gasteiger partial charge in [-0.25, -0.2) is 9.48 Å². The SMILES string of the molecule is O=C(O)c1cccc(CN2CCC(c3c(C(=O)N4CC[C@H](c5ccccc5)C4)cnn3-c3ccc(Cl)cc3)CC2)c1. The van der Waals surface area contributed by atoms with E-state index in [4.69, 9.17) is 16.7 Å². The Morgan fingerprint density at radius 1 is 0.878 bits per heavy atom. The van der Waals surface area contributed by atoms with E-state index >= 15 is 0 Å². The molecule has 0 radical (unpaired) electrons. The van der Waals surface area contributed by atoms with E-state index in [1.165, 1.54) is 5.56 Å². The fourth-order valence-electron chi connectivity index (χ4n) is 6.24. The van der Waals surface area contributed by atoms with Crippen LogP contribution in [0.15, 0.2) is 85.1 Å². The molecule has 0 unspecified atom stereocenters. The summed E-state index contributed by atoms with van der Waals surface area (Å²) in [6, 6.07) is 25.2. The van der Waals surface area contributed by atoms with Crippen LogP contribution in [0.3, 0.4) is 0 Å². The minimum Gasteiger partial charge on any atom is -0.478 e. The molecule has 41 heavy (non-hydrogen) atoms. The molecular weight excluding hydrogens is 536 g/mol. The molecule has 2 fully saturated rings. The third kappa shape index (κ3) is 5.92. The first kappa shape index (κ1) is 27.2. The second kappa shape index (κ2) is 11.9. The van der Waals surface area contributed by atoms with Crippen molar-refractivity contribution in [3.8, 4) is 5.69 Å². The van der Waals surface area contributed by atoms with Crippen LogP contribution in [0.5, 0.6) is 0 Å². The highest BCUT2D eigenvalue weighted by molar-refractivity contribution is 6.30. The number of benzene rings is 3. The van der Waals surface area contributed by atoms with Crippen molar-refractivity contribution in [2.45, 2.75) is 37.6 Å². The number of carboxylic acids is 1. The van der Waals surface area contributed by atoms with Gasteiger partial charge in [0.05, 0.1) is 28.7 Å². The zero-order chi connectivity index (χ0) is 28.3. The lowest BCUT2D eigenvalue weighted by molar-refractivity contribution is 0.0695. The number of aromatic carboxylic acids is 1. The predicted molar refractivity (Wildman–Crippen MR) is 159 cm³/mol. The molecule has 1 N–H and O–H groups in total. The quantitative estimate of drug-likeness (QED) is 0.286. The van der Waals surface area contributed by atoms with Gasteiger partial charge in [-0.2, -0.15) is 5.10 Å². The highest BCUT2D eigenvalue weighted by Crippen LogP contribution is 2.35. The lowest BCUT2D eigenvalue weighted by Gasteiger charge is -2.33. The van der Waals surface area contributed by atoms with Gasteiger partial charge in [-0.05, 0) is 79.9 Å². The molecule has 4 aromatic rings. The number of carboxylic acid groups (broad SMARTS) is 1. The number of carbonyl (C=O) groups is 2. The maximum Gasteiger partial charge on any atom is 0.335 e. The Morgan fingerprint density at radius 2 is 1.61 bits per heavy atom. The molecule has 7 nitrogen and oxygen atoms in total. The van der Waals surface area contributed by atoms with E-state index in [1.54, 1.807) is 24.4 Å². The smallest absolute Gasteiger partial charge is 0.335 e. The van der Waals surface area contributed by atoms with Crippen LogP contribution in [-0.2, 0) is 6.54 Å². The van der Waals surface area contributed by atoms with Crippen LogP contribution >= 0.6 is 11.6 Å². The maximum absolute atomic E-state index is 14.0. The first-order chi connectivity index (χ1) is 20.0. The number of hydrogen-bond acceptors (Lipinski definition) is 4. The third-order valence-electron chi connectivity index (χ3n) is 8.41. The fraction of sp³-hybridized carbons (Fsp3) is 0.303. The van der Waals surface area contributed by atoms with Crippen molar-refractivity contribution in [3.05, 3.63) is 118 Å². The van der Waals surface area contributed by atoms with E-state index in [-0.39, 0.29) is 11.8 Å². The third-order valence-corrected chi connectivity index (χ3v) is 8.66. The second-order valence-electron chi connectivity index (χ2n) is 11.0. The number of piperidine rings is 1. The first-order valence-corrected chi connectivity index (χ1v) is 14.6. The highest BCUT2D eigenvalue weighted by Gasteiger charge is 2.34. The summed E-state index contributed by atoms with van der Waals surface area (Å²) in [6.45, 7) is 3.84. The molecule has 2 aliphatic heterocycles. The van der Waals surface area contributed by atoms with E-state index in [2.05, 4.69) is 29.2 Å². The summed E-state index contributed by atoms with van der Waals surface area (Å²) < 4.78 is 1.92. The molecule has 1 aromatic heterocycles. The lowest BCUT2D eigenvalue weighted by Crippen LogP contribution is -2.34. The van der Waals surface area contributed by atoms with Gasteiger partial charge in [0.25, 0.3) is 5.91 Å². The van der Waals surface area contributed by atoms with Crippen molar-refractivity contribution in [2.75, 3.05) is 26.2 Å². The molecule has 1 amide bonds. The van der Waals surface area contributed by atoms with Crippen LogP contribution in [0.25, 0.3) is 5.69 Å². The maximum atomic E-state index is 14.0. The van der Waals surface area contributed by atoms with Crippen LogP contribution in [-0.4, -0.2) is 62.7 Å². The van der Waals surface area contributed by atoms with Gasteiger partial charge in [0, 0.05) is 36.5 Å². The highest BCUT2D eigenvalue weighted by atomic mass is 35.5. The molecule has 0 spiro atoms. The topological polar surface area (TPSA) is 78.7 Å². The van der Waals surface area contributed by atoms with E-state index in [0.717, 1.165) is 55.8 Å². The van der Waals surface area contributed by atoms with Gasteiger partial charge >= 0.3 is 5.97 Å². The van der Waals surface area contributed by atoms with Gasteiger partial charge in [-0.3, -0.25) is 9.69 Å². The molecular formula is C33H33ClN4O3. The number of hydrogen-bond donors (Lipinski definition) is 1. The average Bonchev–Trinajstić information content (AvgIpc) is 3.67. The molecule has 0 saturated carbocycles. The monoisotopic (exact) mass is 568 g/mol. The lowest BCUT2D eigenvalue weighted by atomic mass is 9.90. The summed E-state index contributed by atoms with van der Waals surface area (Å²) in [5.41, 5.74) is 5.12. The van der Waals surface area contributed by atoms with Crippen molar-refractivity contribution in [1.29, 1.82) is 0 Å². The number of halogens is 1. The second-order valence-corrected chi connectivity index (χ2v) is 11.5. The Hall–Kier alpha value is -3.94. The molecule has 2 saturated heterocycles.